The number of nitrogens with one attached hydrogen (secondary N) is 1. The second-order valence-electron chi connectivity index (χ2n) is 4.83. The van der Waals surface area contributed by atoms with Crippen LogP contribution in [0.15, 0.2) is 0 Å². The Kier molecular flexibility index (Phi) is 5.18. The summed E-state index contributed by atoms with van der Waals surface area (Å²) in [6.45, 7) is 0.770. The minimum absolute atomic E-state index is 0.465. The Morgan fingerprint density at radius 3 is 2.74 bits per heavy atom. The Balaban J connectivity index is 1.93. The SMILES string of the molecule is COc1nc(N(C)C)sc1CNC1CCS(=O)CC1. The molecule has 2 rings (SSSR count). The van der Waals surface area contributed by atoms with Crippen LogP contribution in [0.2, 0.25) is 0 Å². The number of hydrogen-bond donors (Lipinski definition) is 1. The van der Waals surface area contributed by atoms with Crippen molar-refractivity contribution in [3.8, 4) is 5.88 Å². The summed E-state index contributed by atoms with van der Waals surface area (Å²) in [5, 5.41) is 4.48. The van der Waals surface area contributed by atoms with E-state index in [1.54, 1.807) is 18.4 Å². The average Bonchev–Trinajstić information content (AvgIpc) is 2.81. The zero-order valence-electron chi connectivity index (χ0n) is 11.6. The number of thiazole rings is 1. The van der Waals surface area contributed by atoms with E-state index in [1.807, 2.05) is 19.0 Å². The summed E-state index contributed by atoms with van der Waals surface area (Å²) in [5.41, 5.74) is 0. The predicted molar refractivity (Wildman–Crippen MR) is 80.7 cm³/mol. The van der Waals surface area contributed by atoms with Gasteiger partial charge in [-0.15, -0.1) is 0 Å². The Morgan fingerprint density at radius 2 is 2.16 bits per heavy atom. The lowest BCUT2D eigenvalue weighted by Gasteiger charge is -2.22. The largest absolute Gasteiger partial charge is 0.480 e. The van der Waals surface area contributed by atoms with Crippen molar-refractivity contribution in [2.24, 2.45) is 0 Å². The molecule has 7 heteroatoms. The van der Waals surface area contributed by atoms with Crippen LogP contribution in [0.1, 0.15) is 17.7 Å². The maximum absolute atomic E-state index is 11.3. The van der Waals surface area contributed by atoms with Gasteiger partial charge in [0.05, 0.1) is 12.0 Å². The van der Waals surface area contributed by atoms with Gasteiger partial charge in [0, 0.05) is 49.0 Å². The van der Waals surface area contributed by atoms with Crippen molar-refractivity contribution in [2.45, 2.75) is 25.4 Å². The van der Waals surface area contributed by atoms with E-state index in [1.165, 1.54) is 0 Å². The molecule has 2 heterocycles. The van der Waals surface area contributed by atoms with Gasteiger partial charge in [0.25, 0.3) is 0 Å². The molecule has 0 atom stereocenters. The van der Waals surface area contributed by atoms with Crippen LogP contribution in [0.5, 0.6) is 5.88 Å². The molecular weight excluding hydrogens is 282 g/mol. The molecule has 0 radical (unpaired) electrons. The third-order valence-electron chi connectivity index (χ3n) is 3.17. The number of hydrogen-bond acceptors (Lipinski definition) is 6. The molecule has 0 saturated carbocycles. The first kappa shape index (κ1) is 14.7. The molecule has 1 aliphatic heterocycles. The van der Waals surface area contributed by atoms with Gasteiger partial charge in [-0.05, 0) is 12.8 Å². The second kappa shape index (κ2) is 6.67. The Hall–Kier alpha value is -0.660. The summed E-state index contributed by atoms with van der Waals surface area (Å²) in [6.07, 6.45) is 1.99. The summed E-state index contributed by atoms with van der Waals surface area (Å²) in [4.78, 5) is 7.55. The highest BCUT2D eigenvalue weighted by atomic mass is 32.2. The van der Waals surface area contributed by atoms with Crippen LogP contribution in [-0.4, -0.2) is 47.9 Å². The third-order valence-corrected chi connectivity index (χ3v) is 5.75. The van der Waals surface area contributed by atoms with E-state index in [0.29, 0.717) is 11.9 Å². The molecule has 0 amide bonds. The average molecular weight is 303 g/mol. The van der Waals surface area contributed by atoms with E-state index in [0.717, 1.165) is 40.9 Å². The van der Waals surface area contributed by atoms with Crippen molar-refractivity contribution < 1.29 is 8.95 Å². The highest BCUT2D eigenvalue weighted by Gasteiger charge is 2.19. The van der Waals surface area contributed by atoms with Crippen LogP contribution in [0.3, 0.4) is 0 Å². The fraction of sp³-hybridized carbons (Fsp3) is 0.750. The lowest BCUT2D eigenvalue weighted by Crippen LogP contribution is -2.35. The van der Waals surface area contributed by atoms with Gasteiger partial charge in [0.15, 0.2) is 5.13 Å². The van der Waals surface area contributed by atoms with Crippen LogP contribution < -0.4 is 15.0 Å². The molecule has 0 spiro atoms. The third kappa shape index (κ3) is 3.90. The fourth-order valence-corrected chi connectivity index (χ4v) is 4.23. The Bertz CT molecular complexity index is 438. The van der Waals surface area contributed by atoms with E-state index in [2.05, 4.69) is 10.3 Å². The van der Waals surface area contributed by atoms with E-state index in [-0.39, 0.29) is 0 Å². The number of anilines is 1. The predicted octanol–water partition coefficient (Wildman–Crippen LogP) is 1.22. The topological polar surface area (TPSA) is 54.5 Å². The van der Waals surface area contributed by atoms with Crippen molar-refractivity contribution in [3.05, 3.63) is 4.88 Å². The molecule has 1 saturated heterocycles. The molecule has 0 unspecified atom stereocenters. The van der Waals surface area contributed by atoms with Gasteiger partial charge >= 0.3 is 0 Å². The van der Waals surface area contributed by atoms with Crippen molar-refractivity contribution in [3.63, 3.8) is 0 Å². The standard InChI is InChI=1S/C12H21N3O2S2/c1-15(2)12-14-11(17-3)10(18-12)8-13-9-4-6-19(16)7-5-9/h9,13H,4-8H2,1-3H3. The van der Waals surface area contributed by atoms with Crippen molar-refractivity contribution in [1.82, 2.24) is 10.3 Å². The van der Waals surface area contributed by atoms with Gasteiger partial charge in [-0.2, -0.15) is 4.98 Å². The van der Waals surface area contributed by atoms with Crippen LogP contribution >= 0.6 is 11.3 Å². The molecule has 1 fully saturated rings. The molecule has 1 N–H and O–H groups in total. The first-order chi connectivity index (χ1) is 9.10. The molecule has 1 aromatic heterocycles. The van der Waals surface area contributed by atoms with E-state index in [9.17, 15) is 4.21 Å². The smallest absolute Gasteiger partial charge is 0.230 e. The van der Waals surface area contributed by atoms with E-state index >= 15 is 0 Å². The van der Waals surface area contributed by atoms with Gasteiger partial charge < -0.3 is 15.0 Å². The summed E-state index contributed by atoms with van der Waals surface area (Å²) in [5.74, 6) is 2.35. The molecule has 0 aliphatic carbocycles. The van der Waals surface area contributed by atoms with Gasteiger partial charge in [-0.3, -0.25) is 4.21 Å². The monoisotopic (exact) mass is 303 g/mol. The zero-order chi connectivity index (χ0) is 13.8. The first-order valence-electron chi connectivity index (χ1n) is 6.39. The van der Waals surface area contributed by atoms with Crippen LogP contribution in [0.25, 0.3) is 0 Å². The van der Waals surface area contributed by atoms with E-state index < -0.39 is 10.8 Å². The van der Waals surface area contributed by atoms with Crippen molar-refractivity contribution in [2.75, 3.05) is 37.6 Å². The Morgan fingerprint density at radius 1 is 1.47 bits per heavy atom. The quantitative estimate of drug-likeness (QED) is 0.886. The highest BCUT2D eigenvalue weighted by Crippen LogP contribution is 2.30. The second-order valence-corrected chi connectivity index (χ2v) is 7.58. The normalized spacial score (nSPS) is 23.3. The number of nitrogens with zero attached hydrogens (tertiary/aromatic N) is 2. The van der Waals surface area contributed by atoms with Gasteiger partial charge in [-0.1, -0.05) is 11.3 Å². The summed E-state index contributed by atoms with van der Waals surface area (Å²) < 4.78 is 16.6. The van der Waals surface area contributed by atoms with Crippen molar-refractivity contribution in [1.29, 1.82) is 0 Å². The van der Waals surface area contributed by atoms with Crippen LogP contribution in [0.4, 0.5) is 5.13 Å². The summed E-state index contributed by atoms with van der Waals surface area (Å²) in [7, 11) is 5.01. The summed E-state index contributed by atoms with van der Waals surface area (Å²) in [6, 6.07) is 0.465. The Labute approximate surface area is 120 Å². The van der Waals surface area contributed by atoms with Crippen LogP contribution in [0, 0.1) is 0 Å². The fourth-order valence-electron chi connectivity index (χ4n) is 2.02. The number of methoxy groups -OCH3 is 1. The maximum Gasteiger partial charge on any atom is 0.230 e. The van der Waals surface area contributed by atoms with Crippen LogP contribution in [-0.2, 0) is 17.3 Å². The molecule has 0 aromatic carbocycles. The molecule has 0 bridgehead atoms. The van der Waals surface area contributed by atoms with Gasteiger partial charge in [0.1, 0.15) is 0 Å². The molecule has 5 nitrogen and oxygen atoms in total. The molecule has 1 aromatic rings. The lowest BCUT2D eigenvalue weighted by molar-refractivity contribution is 0.391. The molecule has 108 valence electrons. The zero-order valence-corrected chi connectivity index (χ0v) is 13.3. The first-order valence-corrected chi connectivity index (χ1v) is 8.70. The van der Waals surface area contributed by atoms with E-state index in [4.69, 9.17) is 4.74 Å². The minimum Gasteiger partial charge on any atom is -0.480 e. The molecule has 1 aliphatic rings. The lowest BCUT2D eigenvalue weighted by atomic mass is 10.1. The summed E-state index contributed by atoms with van der Waals surface area (Å²) >= 11 is 1.65. The van der Waals surface area contributed by atoms with Gasteiger partial charge in [-0.25, -0.2) is 0 Å². The van der Waals surface area contributed by atoms with Crippen molar-refractivity contribution >= 4 is 27.3 Å². The number of aromatic nitrogens is 1. The maximum atomic E-state index is 11.3. The van der Waals surface area contributed by atoms with Gasteiger partial charge in [0.2, 0.25) is 5.88 Å². The highest BCUT2D eigenvalue weighted by molar-refractivity contribution is 7.85. The number of rotatable bonds is 5. The molecule has 19 heavy (non-hydrogen) atoms. The minimum atomic E-state index is -0.598. The number of ether oxygens (including phenoxy) is 1. The molecular formula is C12H21N3O2S2.